The van der Waals surface area contributed by atoms with Crippen molar-refractivity contribution in [3.05, 3.63) is 44.8 Å². The number of nitrogens with two attached hydrogens (primary N) is 1. The summed E-state index contributed by atoms with van der Waals surface area (Å²) in [5.74, 6) is 0. The number of nitrogens with zero attached hydrogens (tertiary/aromatic N) is 1. The summed E-state index contributed by atoms with van der Waals surface area (Å²) < 4.78 is 1.08. The number of nitrogens with one attached hydrogen (secondary N) is 1. The van der Waals surface area contributed by atoms with Crippen LogP contribution in [0.3, 0.4) is 0 Å². The van der Waals surface area contributed by atoms with Crippen molar-refractivity contribution >= 4 is 33.0 Å². The van der Waals surface area contributed by atoms with Crippen LogP contribution in [0.2, 0.25) is 0 Å². The summed E-state index contributed by atoms with van der Waals surface area (Å²) in [6.07, 6.45) is 2.87. The molecular formula is C13H16BrN3S. The Hall–Kier alpha value is -0.910. The summed E-state index contributed by atoms with van der Waals surface area (Å²) in [4.78, 5) is 4.36. The van der Waals surface area contributed by atoms with Crippen LogP contribution in [0.4, 0.5) is 5.69 Å². The number of rotatable bonds is 5. The van der Waals surface area contributed by atoms with Crippen LogP contribution in [0.25, 0.3) is 0 Å². The van der Waals surface area contributed by atoms with Gasteiger partial charge in [0.25, 0.3) is 0 Å². The molecular weight excluding hydrogens is 310 g/mol. The van der Waals surface area contributed by atoms with E-state index in [1.54, 1.807) is 11.3 Å². The first-order valence-corrected chi connectivity index (χ1v) is 7.54. The molecule has 5 heteroatoms. The predicted octanol–water partition coefficient (Wildman–Crippen LogP) is 3.73. The topological polar surface area (TPSA) is 50.9 Å². The fraction of sp³-hybridized carbons (Fsp3) is 0.308. The Morgan fingerprint density at radius 3 is 3.00 bits per heavy atom. The van der Waals surface area contributed by atoms with Gasteiger partial charge in [-0.1, -0.05) is 22.9 Å². The number of halogens is 1. The highest BCUT2D eigenvalue weighted by atomic mass is 79.9. The molecule has 18 heavy (non-hydrogen) atoms. The summed E-state index contributed by atoms with van der Waals surface area (Å²) in [5.41, 5.74) is 7.76. The number of thiazole rings is 1. The first-order chi connectivity index (χ1) is 8.70. The predicted molar refractivity (Wildman–Crippen MR) is 80.5 cm³/mol. The van der Waals surface area contributed by atoms with Crippen molar-refractivity contribution in [2.75, 3.05) is 5.73 Å². The maximum absolute atomic E-state index is 5.80. The molecule has 0 saturated heterocycles. The minimum atomic E-state index is 0.304. The first-order valence-electron chi connectivity index (χ1n) is 5.87. The van der Waals surface area contributed by atoms with E-state index in [4.69, 9.17) is 5.73 Å². The van der Waals surface area contributed by atoms with Crippen LogP contribution in [0, 0.1) is 0 Å². The Balaban J connectivity index is 2.04. The highest BCUT2D eigenvalue weighted by Crippen LogP contribution is 2.23. The number of benzene rings is 1. The molecule has 0 fully saturated rings. The lowest BCUT2D eigenvalue weighted by Gasteiger charge is -2.15. The quantitative estimate of drug-likeness (QED) is 0.823. The molecule has 2 rings (SSSR count). The molecule has 0 radical (unpaired) electrons. The maximum Gasteiger partial charge on any atom is 0.109 e. The fourth-order valence-electron chi connectivity index (χ4n) is 1.78. The zero-order valence-electron chi connectivity index (χ0n) is 10.2. The number of nitrogen functional groups attached to an aromatic ring is 1. The summed E-state index contributed by atoms with van der Waals surface area (Å²) in [6.45, 7) is 2.94. The molecule has 3 N–H and O–H groups in total. The monoisotopic (exact) mass is 325 g/mol. The minimum absolute atomic E-state index is 0.304. The lowest BCUT2D eigenvalue weighted by Crippen LogP contribution is -2.20. The van der Waals surface area contributed by atoms with Gasteiger partial charge in [0, 0.05) is 28.3 Å². The summed E-state index contributed by atoms with van der Waals surface area (Å²) >= 11 is 5.23. The van der Waals surface area contributed by atoms with Crippen LogP contribution >= 0.6 is 27.3 Å². The van der Waals surface area contributed by atoms with Gasteiger partial charge in [-0.3, -0.25) is 0 Å². The van der Waals surface area contributed by atoms with Crippen molar-refractivity contribution in [3.63, 3.8) is 0 Å². The molecule has 0 spiro atoms. The van der Waals surface area contributed by atoms with E-state index in [2.05, 4.69) is 33.2 Å². The average molecular weight is 326 g/mol. The van der Waals surface area contributed by atoms with Gasteiger partial charge in [0.1, 0.15) is 5.01 Å². The van der Waals surface area contributed by atoms with Crippen molar-refractivity contribution in [1.29, 1.82) is 0 Å². The van der Waals surface area contributed by atoms with E-state index in [0.29, 0.717) is 6.04 Å². The molecule has 1 unspecified atom stereocenters. The van der Waals surface area contributed by atoms with Crippen LogP contribution in [-0.2, 0) is 6.54 Å². The molecule has 1 atom stereocenters. The van der Waals surface area contributed by atoms with Gasteiger partial charge in [0.15, 0.2) is 0 Å². The lowest BCUT2D eigenvalue weighted by molar-refractivity contribution is 0.516. The van der Waals surface area contributed by atoms with E-state index in [1.807, 2.05) is 29.8 Å². The normalized spacial score (nSPS) is 12.6. The summed E-state index contributed by atoms with van der Waals surface area (Å²) in [5, 5.41) is 6.67. The molecule has 96 valence electrons. The van der Waals surface area contributed by atoms with Crippen LogP contribution in [0.5, 0.6) is 0 Å². The SMILES string of the molecule is CCC(NCc1cc(N)ccc1Br)c1nccs1. The molecule has 3 nitrogen and oxygen atoms in total. The summed E-state index contributed by atoms with van der Waals surface area (Å²) in [6, 6.07) is 6.17. The average Bonchev–Trinajstić information content (AvgIpc) is 2.88. The molecule has 0 aliphatic heterocycles. The van der Waals surface area contributed by atoms with Gasteiger partial charge in [-0.2, -0.15) is 0 Å². The Morgan fingerprint density at radius 2 is 2.33 bits per heavy atom. The largest absolute Gasteiger partial charge is 0.399 e. The molecule has 1 aromatic carbocycles. The number of hydrogen-bond acceptors (Lipinski definition) is 4. The van der Waals surface area contributed by atoms with E-state index in [9.17, 15) is 0 Å². The summed E-state index contributed by atoms with van der Waals surface area (Å²) in [7, 11) is 0. The second-order valence-electron chi connectivity index (χ2n) is 4.06. The van der Waals surface area contributed by atoms with E-state index >= 15 is 0 Å². The molecule has 0 aliphatic carbocycles. The Kier molecular flexibility index (Phi) is 4.74. The standard InChI is InChI=1S/C13H16BrN3S/c1-2-12(13-16-5-6-18-13)17-8-9-7-10(15)3-4-11(9)14/h3-7,12,17H,2,8,15H2,1H3. The number of anilines is 1. The number of aromatic nitrogens is 1. The van der Waals surface area contributed by atoms with Crippen LogP contribution < -0.4 is 11.1 Å². The van der Waals surface area contributed by atoms with Crippen LogP contribution in [-0.4, -0.2) is 4.98 Å². The third-order valence-electron chi connectivity index (χ3n) is 2.77. The molecule has 1 aromatic heterocycles. The fourth-order valence-corrected chi connectivity index (χ4v) is 2.96. The van der Waals surface area contributed by atoms with Crippen molar-refractivity contribution < 1.29 is 0 Å². The smallest absolute Gasteiger partial charge is 0.109 e. The first kappa shape index (κ1) is 13.5. The van der Waals surface area contributed by atoms with Crippen LogP contribution in [0.1, 0.15) is 30.0 Å². The molecule has 0 amide bonds. The minimum Gasteiger partial charge on any atom is -0.399 e. The van der Waals surface area contributed by atoms with E-state index in [1.165, 1.54) is 5.56 Å². The van der Waals surface area contributed by atoms with Crippen LogP contribution in [0.15, 0.2) is 34.2 Å². The van der Waals surface area contributed by atoms with E-state index in [0.717, 1.165) is 28.1 Å². The molecule has 0 aliphatic rings. The van der Waals surface area contributed by atoms with Crippen molar-refractivity contribution in [1.82, 2.24) is 10.3 Å². The van der Waals surface area contributed by atoms with Gasteiger partial charge in [-0.25, -0.2) is 4.98 Å². The van der Waals surface area contributed by atoms with Gasteiger partial charge in [-0.15, -0.1) is 11.3 Å². The molecule has 1 heterocycles. The van der Waals surface area contributed by atoms with Gasteiger partial charge in [0.2, 0.25) is 0 Å². The molecule has 2 aromatic rings. The maximum atomic E-state index is 5.80. The van der Waals surface area contributed by atoms with Crippen molar-refractivity contribution in [2.45, 2.75) is 25.9 Å². The lowest BCUT2D eigenvalue weighted by atomic mass is 10.1. The second kappa shape index (κ2) is 6.31. The van der Waals surface area contributed by atoms with Crippen molar-refractivity contribution in [2.24, 2.45) is 0 Å². The van der Waals surface area contributed by atoms with Gasteiger partial charge < -0.3 is 11.1 Å². The highest BCUT2D eigenvalue weighted by molar-refractivity contribution is 9.10. The van der Waals surface area contributed by atoms with E-state index < -0.39 is 0 Å². The van der Waals surface area contributed by atoms with Crippen molar-refractivity contribution in [3.8, 4) is 0 Å². The second-order valence-corrected chi connectivity index (χ2v) is 5.84. The zero-order valence-corrected chi connectivity index (χ0v) is 12.6. The van der Waals surface area contributed by atoms with Gasteiger partial charge >= 0.3 is 0 Å². The highest BCUT2D eigenvalue weighted by Gasteiger charge is 2.11. The Morgan fingerprint density at radius 1 is 1.50 bits per heavy atom. The Bertz CT molecular complexity index is 499. The Labute approximate surface area is 120 Å². The zero-order chi connectivity index (χ0) is 13.0. The third-order valence-corrected chi connectivity index (χ3v) is 4.43. The molecule has 0 saturated carbocycles. The van der Waals surface area contributed by atoms with E-state index in [-0.39, 0.29) is 0 Å². The third kappa shape index (κ3) is 3.31. The van der Waals surface area contributed by atoms with Gasteiger partial charge in [0.05, 0.1) is 6.04 Å². The molecule has 0 bridgehead atoms. The number of hydrogen-bond donors (Lipinski definition) is 2. The van der Waals surface area contributed by atoms with Gasteiger partial charge in [-0.05, 0) is 30.2 Å².